The highest BCUT2D eigenvalue weighted by Crippen LogP contribution is 2.30. The quantitative estimate of drug-likeness (QED) is 0.680. The Balaban J connectivity index is 2.14. The van der Waals surface area contributed by atoms with Gasteiger partial charge in [0.15, 0.2) is 0 Å². The molecule has 1 unspecified atom stereocenters. The second-order valence-electron chi connectivity index (χ2n) is 4.70. The topological polar surface area (TPSA) is 58.4 Å². The van der Waals surface area contributed by atoms with Crippen molar-refractivity contribution in [3.05, 3.63) is 32.5 Å². The Morgan fingerprint density at radius 3 is 2.95 bits per heavy atom. The van der Waals surface area contributed by atoms with E-state index in [1.165, 1.54) is 6.07 Å². The number of nitrogens with one attached hydrogen (secondary N) is 1. The first-order chi connectivity index (χ1) is 8.99. The summed E-state index contributed by atoms with van der Waals surface area (Å²) in [5, 5.41) is 14.0. The molecule has 1 aliphatic heterocycles. The van der Waals surface area contributed by atoms with E-state index in [-0.39, 0.29) is 10.2 Å². The van der Waals surface area contributed by atoms with E-state index >= 15 is 0 Å². The van der Waals surface area contributed by atoms with Crippen molar-refractivity contribution in [2.45, 2.75) is 18.9 Å². The van der Waals surface area contributed by atoms with Gasteiger partial charge in [-0.05, 0) is 48.4 Å². The molecule has 104 valence electrons. The summed E-state index contributed by atoms with van der Waals surface area (Å²) in [6.07, 6.45) is 2.21. The Hall–Kier alpha value is -1.21. The van der Waals surface area contributed by atoms with Crippen molar-refractivity contribution in [3.63, 3.8) is 0 Å². The van der Waals surface area contributed by atoms with Gasteiger partial charge in [0.05, 0.1) is 15.5 Å². The lowest BCUT2D eigenvalue weighted by Gasteiger charge is -2.20. The van der Waals surface area contributed by atoms with Crippen molar-refractivity contribution >= 4 is 27.3 Å². The summed E-state index contributed by atoms with van der Waals surface area (Å²) in [5.41, 5.74) is 0.111. The minimum atomic E-state index is -0.629. The highest BCUT2D eigenvalue weighted by Gasteiger charge is 2.23. The van der Waals surface area contributed by atoms with E-state index in [1.807, 2.05) is 7.05 Å². The summed E-state index contributed by atoms with van der Waals surface area (Å²) in [7, 11) is 2.04. The average molecular weight is 332 g/mol. The smallest absolute Gasteiger partial charge is 0.295 e. The molecule has 0 bridgehead atoms. The van der Waals surface area contributed by atoms with Gasteiger partial charge in [-0.3, -0.25) is 10.1 Å². The number of benzene rings is 1. The molecule has 5 nitrogen and oxygen atoms in total. The molecule has 19 heavy (non-hydrogen) atoms. The van der Waals surface area contributed by atoms with Crippen LogP contribution in [-0.2, 0) is 0 Å². The van der Waals surface area contributed by atoms with Crippen molar-refractivity contribution in [2.75, 3.05) is 25.5 Å². The van der Waals surface area contributed by atoms with E-state index in [0.717, 1.165) is 25.5 Å². The molecule has 1 N–H and O–H groups in total. The predicted molar refractivity (Wildman–Crippen MR) is 74.9 cm³/mol. The number of nitro groups is 1. The molecule has 1 atom stereocenters. The summed E-state index contributed by atoms with van der Waals surface area (Å²) in [4.78, 5) is 12.6. The number of likely N-dealkylation sites (tertiary alicyclic amines) is 1. The SMILES string of the molecule is CN1CCCC1CNc1cc(Br)c(F)cc1[N+](=O)[O-]. The fourth-order valence-corrected chi connectivity index (χ4v) is 2.64. The summed E-state index contributed by atoms with van der Waals surface area (Å²) < 4.78 is 13.6. The maximum Gasteiger partial charge on any atom is 0.295 e. The molecule has 0 aromatic heterocycles. The number of nitro benzene ring substituents is 1. The number of hydrogen-bond acceptors (Lipinski definition) is 4. The standard InChI is InChI=1S/C12H15BrFN3O2/c1-16-4-2-3-8(16)7-15-11-5-9(13)10(14)6-12(11)17(18)19/h5-6,8,15H,2-4,7H2,1H3. The van der Waals surface area contributed by atoms with Gasteiger partial charge in [0.25, 0.3) is 5.69 Å². The van der Waals surface area contributed by atoms with Crippen LogP contribution in [0.25, 0.3) is 0 Å². The molecule has 1 aromatic rings. The van der Waals surface area contributed by atoms with Gasteiger partial charge < -0.3 is 10.2 Å². The van der Waals surface area contributed by atoms with Crippen molar-refractivity contribution in [1.29, 1.82) is 0 Å². The van der Waals surface area contributed by atoms with Crippen molar-refractivity contribution < 1.29 is 9.31 Å². The van der Waals surface area contributed by atoms with Gasteiger partial charge in [-0.1, -0.05) is 0 Å². The molecular formula is C12H15BrFN3O2. The molecule has 1 aromatic carbocycles. The Morgan fingerprint density at radius 1 is 1.63 bits per heavy atom. The summed E-state index contributed by atoms with van der Waals surface area (Å²) in [6, 6.07) is 2.72. The van der Waals surface area contributed by atoms with Crippen LogP contribution in [-0.4, -0.2) is 36.0 Å². The van der Waals surface area contributed by atoms with Crippen LogP contribution in [0.5, 0.6) is 0 Å². The molecule has 2 rings (SSSR count). The molecular weight excluding hydrogens is 317 g/mol. The van der Waals surface area contributed by atoms with Gasteiger partial charge >= 0.3 is 0 Å². The van der Waals surface area contributed by atoms with Crippen LogP contribution in [0, 0.1) is 15.9 Å². The number of nitrogens with zero attached hydrogens (tertiary/aromatic N) is 2. The zero-order chi connectivity index (χ0) is 14.0. The van der Waals surface area contributed by atoms with Crippen LogP contribution < -0.4 is 5.32 Å². The van der Waals surface area contributed by atoms with Crippen LogP contribution in [0.3, 0.4) is 0 Å². The van der Waals surface area contributed by atoms with E-state index in [0.29, 0.717) is 18.3 Å². The largest absolute Gasteiger partial charge is 0.378 e. The fourth-order valence-electron chi connectivity index (χ4n) is 2.29. The molecule has 1 heterocycles. The molecule has 0 saturated carbocycles. The average Bonchev–Trinajstić information content (AvgIpc) is 2.75. The minimum absolute atomic E-state index is 0.223. The third-order valence-electron chi connectivity index (χ3n) is 3.43. The van der Waals surface area contributed by atoms with Gasteiger partial charge in [-0.15, -0.1) is 0 Å². The van der Waals surface area contributed by atoms with E-state index in [2.05, 4.69) is 26.1 Å². The van der Waals surface area contributed by atoms with Crippen LogP contribution >= 0.6 is 15.9 Å². The van der Waals surface area contributed by atoms with Gasteiger partial charge in [0.2, 0.25) is 0 Å². The maximum absolute atomic E-state index is 13.3. The lowest BCUT2D eigenvalue weighted by Crippen LogP contribution is -2.31. The molecule has 1 saturated heterocycles. The normalized spacial score (nSPS) is 19.6. The second-order valence-corrected chi connectivity index (χ2v) is 5.55. The van der Waals surface area contributed by atoms with Crippen LogP contribution in [0.1, 0.15) is 12.8 Å². The third kappa shape index (κ3) is 3.22. The Morgan fingerprint density at radius 2 is 2.37 bits per heavy atom. The summed E-state index contributed by atoms with van der Waals surface area (Å²) in [5.74, 6) is -0.629. The van der Waals surface area contributed by atoms with E-state index in [1.54, 1.807) is 0 Å². The summed E-state index contributed by atoms with van der Waals surface area (Å²) >= 11 is 3.05. The highest BCUT2D eigenvalue weighted by atomic mass is 79.9. The minimum Gasteiger partial charge on any atom is -0.378 e. The molecule has 1 fully saturated rings. The van der Waals surface area contributed by atoms with Gasteiger partial charge in [0.1, 0.15) is 11.5 Å². The first kappa shape index (κ1) is 14.2. The molecule has 0 aliphatic carbocycles. The Labute approximate surface area is 119 Å². The van der Waals surface area contributed by atoms with Gasteiger partial charge in [0, 0.05) is 12.6 Å². The van der Waals surface area contributed by atoms with Crippen molar-refractivity contribution in [2.24, 2.45) is 0 Å². The van der Waals surface area contributed by atoms with Crippen molar-refractivity contribution in [1.82, 2.24) is 4.90 Å². The molecule has 0 radical (unpaired) electrons. The van der Waals surface area contributed by atoms with E-state index in [9.17, 15) is 14.5 Å². The Bertz CT molecular complexity index is 498. The van der Waals surface area contributed by atoms with Crippen LogP contribution in [0.4, 0.5) is 15.8 Å². The maximum atomic E-state index is 13.3. The van der Waals surface area contributed by atoms with Crippen LogP contribution in [0.15, 0.2) is 16.6 Å². The number of hydrogen-bond donors (Lipinski definition) is 1. The number of halogens is 2. The van der Waals surface area contributed by atoms with Gasteiger partial charge in [-0.2, -0.15) is 0 Å². The summed E-state index contributed by atoms with van der Waals surface area (Å²) in [6.45, 7) is 1.66. The van der Waals surface area contributed by atoms with E-state index < -0.39 is 10.7 Å². The first-order valence-electron chi connectivity index (χ1n) is 6.06. The second kappa shape index (κ2) is 5.83. The third-order valence-corrected chi connectivity index (χ3v) is 4.04. The molecule has 0 amide bonds. The number of anilines is 1. The van der Waals surface area contributed by atoms with Gasteiger partial charge in [-0.25, -0.2) is 4.39 Å². The molecule has 0 spiro atoms. The zero-order valence-electron chi connectivity index (χ0n) is 10.5. The molecule has 1 aliphatic rings. The molecule has 7 heteroatoms. The first-order valence-corrected chi connectivity index (χ1v) is 6.86. The van der Waals surface area contributed by atoms with Crippen LogP contribution in [0.2, 0.25) is 0 Å². The van der Waals surface area contributed by atoms with E-state index in [4.69, 9.17) is 0 Å². The zero-order valence-corrected chi connectivity index (χ0v) is 12.1. The lowest BCUT2D eigenvalue weighted by molar-refractivity contribution is -0.384. The van der Waals surface area contributed by atoms with Crippen molar-refractivity contribution in [3.8, 4) is 0 Å². The fraction of sp³-hybridized carbons (Fsp3) is 0.500. The lowest BCUT2D eigenvalue weighted by atomic mass is 10.2. The predicted octanol–water partition coefficient (Wildman–Crippen LogP) is 3.00. The monoisotopic (exact) mass is 331 g/mol. The Kier molecular flexibility index (Phi) is 4.36. The number of likely N-dealkylation sites (N-methyl/N-ethyl adjacent to an activating group) is 1. The highest BCUT2D eigenvalue weighted by molar-refractivity contribution is 9.10. The number of rotatable bonds is 4.